The Morgan fingerprint density at radius 2 is 0.939 bits per heavy atom. The number of carbonyl (C=O) groups is 3. The Bertz CT molecular complexity index is 1880. The van der Waals surface area contributed by atoms with Crippen LogP contribution in [0.25, 0.3) is 0 Å². The van der Waals surface area contributed by atoms with E-state index in [9.17, 15) is 19.5 Å². The molecule has 6 nitrogen and oxygen atoms in total. The Morgan fingerprint density at radius 3 is 1.38 bits per heavy atom. The first-order valence-corrected chi connectivity index (χ1v) is 28.4. The van der Waals surface area contributed by atoms with Gasteiger partial charge in [-0.15, -0.1) is 0 Å². The normalized spacial score (nSPS) is 12.7. The van der Waals surface area contributed by atoms with Crippen LogP contribution in [0.2, 0.25) is 0 Å². The lowest BCUT2D eigenvalue weighted by molar-refractivity contribution is -0.479. The SMILES string of the molecule is CCCCCCCCCCCCCCCCCCC(CCCCCCCCCCCCCCCC)C(=O)OCCc1cc([NH2+]c2ccc(O)c3c2C(=O)c2ccccc2C3=O)c(Br)cc1Br. The van der Waals surface area contributed by atoms with Gasteiger partial charge in [0, 0.05) is 34.2 Å². The first-order chi connectivity index (χ1) is 32.3. The summed E-state index contributed by atoms with van der Waals surface area (Å²) in [7, 11) is 0. The van der Waals surface area contributed by atoms with Crippen molar-refractivity contribution < 1.29 is 29.5 Å². The molecule has 1 aliphatic rings. The zero-order valence-corrected chi connectivity index (χ0v) is 44.3. The number of esters is 1. The molecular weight excluding hydrogens is 950 g/mol. The molecule has 3 aromatic rings. The molecule has 0 aromatic heterocycles. The van der Waals surface area contributed by atoms with Gasteiger partial charge in [0.25, 0.3) is 0 Å². The van der Waals surface area contributed by atoms with Gasteiger partial charge >= 0.3 is 5.97 Å². The number of ether oxygens (including phenoxy) is 1. The lowest BCUT2D eigenvalue weighted by Gasteiger charge is -2.20. The monoisotopic (exact) mass is 1030 g/mol. The van der Waals surface area contributed by atoms with E-state index in [-0.39, 0.29) is 46.9 Å². The average Bonchev–Trinajstić information content (AvgIpc) is 3.31. The number of nitrogens with two attached hydrogens (primary N) is 1. The predicted octanol–water partition coefficient (Wildman–Crippen LogP) is 17.4. The summed E-state index contributed by atoms with van der Waals surface area (Å²) in [6.45, 7) is 4.85. The Hall–Kier alpha value is -2.81. The number of quaternary nitrogens is 1. The number of rotatable bonds is 38. The van der Waals surface area contributed by atoms with E-state index in [2.05, 4.69) is 45.7 Å². The fraction of sp³-hybridized carbons (Fsp3) is 0.638. The number of phenolic OH excluding ortho intramolecular Hbond substituents is 1. The molecule has 0 saturated heterocycles. The summed E-state index contributed by atoms with van der Waals surface area (Å²) in [6, 6.07) is 13.9. The van der Waals surface area contributed by atoms with Gasteiger partial charge in [-0.1, -0.05) is 247 Å². The Morgan fingerprint density at radius 1 is 0.530 bits per heavy atom. The van der Waals surface area contributed by atoms with Crippen molar-refractivity contribution in [3.63, 3.8) is 0 Å². The molecule has 1 aliphatic carbocycles. The van der Waals surface area contributed by atoms with Gasteiger partial charge in [0.05, 0.1) is 28.1 Å². The molecule has 0 fully saturated rings. The van der Waals surface area contributed by atoms with Crippen LogP contribution < -0.4 is 5.32 Å². The molecule has 0 heterocycles. The topological polar surface area (TPSA) is 97.3 Å². The summed E-state index contributed by atoms with van der Waals surface area (Å²) in [6.07, 6.45) is 42.3. The number of phenols is 1. The summed E-state index contributed by atoms with van der Waals surface area (Å²) in [5, 5.41) is 12.6. The summed E-state index contributed by atoms with van der Waals surface area (Å²) in [5.74, 6) is -0.972. The number of fused-ring (bicyclic) bond motifs is 2. The van der Waals surface area contributed by atoms with Crippen LogP contribution in [0.15, 0.2) is 57.5 Å². The molecule has 66 heavy (non-hydrogen) atoms. The molecule has 0 aliphatic heterocycles. The highest BCUT2D eigenvalue weighted by molar-refractivity contribution is 9.11. The van der Waals surface area contributed by atoms with E-state index in [1.165, 1.54) is 186 Å². The maximum absolute atomic E-state index is 13.7. The molecule has 366 valence electrons. The number of hydrogen-bond acceptors (Lipinski definition) is 5. The smallest absolute Gasteiger partial charge is 0.308 e. The van der Waals surface area contributed by atoms with Gasteiger partial charge in [-0.05, 0) is 46.5 Å². The summed E-state index contributed by atoms with van der Waals surface area (Å²) >= 11 is 7.42. The van der Waals surface area contributed by atoms with E-state index < -0.39 is 0 Å². The van der Waals surface area contributed by atoms with Crippen LogP contribution in [0.5, 0.6) is 5.75 Å². The molecular formula is C58H86Br2NO5+. The second-order valence-electron chi connectivity index (χ2n) is 19.3. The van der Waals surface area contributed by atoms with Crippen LogP contribution in [-0.4, -0.2) is 29.2 Å². The third-order valence-corrected chi connectivity index (χ3v) is 15.2. The van der Waals surface area contributed by atoms with Gasteiger partial charge in [-0.3, -0.25) is 19.7 Å². The standard InChI is InChI=1S/C58H85Br2NO5/c1-3-5-7-9-11-13-15-17-19-20-22-24-26-28-30-32-36-45(35-31-29-27-25-23-21-18-16-14-12-10-8-6-4-2)58(65)66-42-41-46-43-52(50(60)44-49(46)59)61-51-39-40-53(62)55-54(51)56(63)47-37-33-34-38-48(47)57(55)64/h33-34,37-40,43-45,61-62H,3-32,35-36,41-42H2,1-2H3/p+1. The fourth-order valence-electron chi connectivity index (χ4n) is 9.72. The minimum absolute atomic E-state index is 0.0380. The van der Waals surface area contributed by atoms with Crippen molar-refractivity contribution in [2.45, 2.75) is 226 Å². The van der Waals surface area contributed by atoms with Gasteiger partial charge in [0.1, 0.15) is 17.1 Å². The predicted molar refractivity (Wildman–Crippen MR) is 282 cm³/mol. The number of aromatic hydroxyl groups is 1. The lowest BCUT2D eigenvalue weighted by atomic mass is 9.82. The Balaban J connectivity index is 1.23. The first kappa shape index (κ1) is 55.8. The van der Waals surface area contributed by atoms with Crippen LogP contribution >= 0.6 is 31.9 Å². The van der Waals surface area contributed by atoms with Crippen molar-refractivity contribution in [3.8, 4) is 5.75 Å². The van der Waals surface area contributed by atoms with Crippen LogP contribution in [-0.2, 0) is 16.0 Å². The van der Waals surface area contributed by atoms with Crippen molar-refractivity contribution in [1.29, 1.82) is 0 Å². The minimum Gasteiger partial charge on any atom is -0.507 e. The van der Waals surface area contributed by atoms with Crippen molar-refractivity contribution in [2.24, 2.45) is 5.92 Å². The molecule has 1 unspecified atom stereocenters. The highest BCUT2D eigenvalue weighted by Gasteiger charge is 2.35. The fourth-order valence-corrected chi connectivity index (χ4v) is 11.0. The third-order valence-electron chi connectivity index (χ3n) is 13.8. The van der Waals surface area contributed by atoms with Crippen LogP contribution in [0.4, 0.5) is 11.4 Å². The molecule has 3 N–H and O–H groups in total. The summed E-state index contributed by atoms with van der Waals surface area (Å²) < 4.78 is 7.75. The third kappa shape index (κ3) is 20.0. The lowest BCUT2D eigenvalue weighted by Crippen LogP contribution is -2.72. The maximum Gasteiger partial charge on any atom is 0.308 e. The van der Waals surface area contributed by atoms with E-state index in [1.54, 1.807) is 30.3 Å². The average molecular weight is 1040 g/mol. The number of hydrogen-bond donors (Lipinski definition) is 2. The number of halogens is 2. The second-order valence-corrected chi connectivity index (χ2v) is 21.0. The van der Waals surface area contributed by atoms with Crippen molar-refractivity contribution in [3.05, 3.63) is 85.3 Å². The van der Waals surface area contributed by atoms with Crippen LogP contribution in [0.1, 0.15) is 257 Å². The molecule has 0 saturated carbocycles. The van der Waals surface area contributed by atoms with E-state index in [0.29, 0.717) is 23.2 Å². The number of benzene rings is 3. The van der Waals surface area contributed by atoms with Gasteiger partial charge in [-0.25, -0.2) is 0 Å². The molecule has 0 bridgehead atoms. The first-order valence-electron chi connectivity index (χ1n) is 26.8. The van der Waals surface area contributed by atoms with E-state index in [0.717, 1.165) is 45.9 Å². The van der Waals surface area contributed by atoms with Crippen molar-refractivity contribution >= 4 is 60.8 Å². The number of carbonyl (C=O) groups excluding carboxylic acids is 3. The van der Waals surface area contributed by atoms with Gasteiger partial charge in [0.15, 0.2) is 5.78 Å². The molecule has 0 amide bonds. The molecule has 8 heteroatoms. The molecule has 0 spiro atoms. The van der Waals surface area contributed by atoms with Crippen molar-refractivity contribution in [1.82, 2.24) is 0 Å². The quantitative estimate of drug-likeness (QED) is 0.0202. The highest BCUT2D eigenvalue weighted by atomic mass is 79.9. The maximum atomic E-state index is 13.7. The van der Waals surface area contributed by atoms with E-state index in [1.807, 2.05) is 17.4 Å². The minimum atomic E-state index is -0.359. The van der Waals surface area contributed by atoms with Gasteiger partial charge in [0.2, 0.25) is 5.78 Å². The van der Waals surface area contributed by atoms with Crippen molar-refractivity contribution in [2.75, 3.05) is 6.61 Å². The zero-order chi connectivity index (χ0) is 47.2. The summed E-state index contributed by atoms with van der Waals surface area (Å²) in [4.78, 5) is 40.9. The zero-order valence-electron chi connectivity index (χ0n) is 41.2. The Kier molecular flexibility index (Phi) is 28.4. The van der Waals surface area contributed by atoms with Crippen LogP contribution in [0, 0.1) is 5.92 Å². The summed E-state index contributed by atoms with van der Waals surface area (Å²) in [5.41, 5.74) is 3.22. The number of unbranched alkanes of at least 4 members (excludes halogenated alkanes) is 28. The molecule has 4 rings (SSSR count). The number of ketones is 2. The second kappa shape index (κ2) is 33.6. The van der Waals surface area contributed by atoms with E-state index in [4.69, 9.17) is 4.74 Å². The van der Waals surface area contributed by atoms with Gasteiger partial charge in [-0.2, -0.15) is 0 Å². The molecule has 1 atom stereocenters. The molecule has 0 radical (unpaired) electrons. The molecule has 3 aromatic carbocycles. The Labute approximate surface area is 417 Å². The van der Waals surface area contributed by atoms with Crippen LogP contribution in [0.3, 0.4) is 0 Å². The highest BCUT2D eigenvalue weighted by Crippen LogP contribution is 2.37. The largest absolute Gasteiger partial charge is 0.507 e. The van der Waals surface area contributed by atoms with Gasteiger partial charge < -0.3 is 9.84 Å². The van der Waals surface area contributed by atoms with E-state index >= 15 is 0 Å².